The van der Waals surface area contributed by atoms with Gasteiger partial charge in [-0.05, 0) is 62.6 Å². The number of piperidine rings is 1. The quantitative estimate of drug-likeness (QED) is 0.753. The third kappa shape index (κ3) is 5.38. The Bertz CT molecular complexity index is 888. The highest BCUT2D eigenvalue weighted by atomic mass is 35.5. The highest BCUT2D eigenvalue weighted by Crippen LogP contribution is 2.24. The number of nitrogens with two attached hydrogens (primary N) is 1. The highest BCUT2D eigenvalue weighted by molar-refractivity contribution is 6.30. The maximum atomic E-state index is 12.4. The molecule has 0 radical (unpaired) electrons. The molecule has 1 aliphatic heterocycles. The van der Waals surface area contributed by atoms with Gasteiger partial charge in [0.25, 0.3) is 5.91 Å². The molecule has 7 nitrogen and oxygen atoms in total. The van der Waals surface area contributed by atoms with Crippen LogP contribution in [0.4, 0.5) is 11.5 Å². The minimum absolute atomic E-state index is 0.153. The van der Waals surface area contributed by atoms with Gasteiger partial charge < -0.3 is 20.7 Å². The number of pyridine rings is 1. The number of primary amides is 1. The average Bonchev–Trinajstić information content (AvgIpc) is 2.70. The minimum atomic E-state index is -0.687. The van der Waals surface area contributed by atoms with Crippen LogP contribution in [-0.2, 0) is 9.59 Å². The van der Waals surface area contributed by atoms with Crippen molar-refractivity contribution in [3.05, 3.63) is 47.1 Å². The number of ether oxygens (including phenoxy) is 1. The lowest BCUT2D eigenvalue weighted by atomic mass is 9.97. The van der Waals surface area contributed by atoms with E-state index >= 15 is 0 Å². The number of hydrogen-bond acceptors (Lipinski definition) is 5. The maximum Gasteiger partial charge on any atom is 0.265 e. The first-order chi connectivity index (χ1) is 13.8. The van der Waals surface area contributed by atoms with Gasteiger partial charge in [0.05, 0.1) is 17.8 Å². The Hall–Kier alpha value is -2.80. The van der Waals surface area contributed by atoms with Gasteiger partial charge in [0.15, 0.2) is 6.10 Å². The van der Waals surface area contributed by atoms with Crippen LogP contribution in [0.1, 0.15) is 25.3 Å². The molecule has 1 aromatic heterocycles. The van der Waals surface area contributed by atoms with Gasteiger partial charge in [-0.3, -0.25) is 9.59 Å². The molecule has 8 heteroatoms. The van der Waals surface area contributed by atoms with Crippen LogP contribution in [-0.4, -0.2) is 36.0 Å². The van der Waals surface area contributed by atoms with Gasteiger partial charge in [-0.25, -0.2) is 4.98 Å². The summed E-state index contributed by atoms with van der Waals surface area (Å²) in [7, 11) is 0. The van der Waals surface area contributed by atoms with E-state index in [1.54, 1.807) is 37.4 Å². The Kier molecular flexibility index (Phi) is 6.59. The molecule has 3 N–H and O–H groups in total. The zero-order valence-electron chi connectivity index (χ0n) is 16.5. The summed E-state index contributed by atoms with van der Waals surface area (Å²) in [6.07, 6.45) is 2.62. The van der Waals surface area contributed by atoms with E-state index in [9.17, 15) is 9.59 Å². The van der Waals surface area contributed by atoms with Crippen LogP contribution in [0.15, 0.2) is 36.5 Å². The molecule has 2 amide bonds. The zero-order valence-corrected chi connectivity index (χ0v) is 17.3. The number of aryl methyl sites for hydroxylation is 1. The fourth-order valence-corrected chi connectivity index (χ4v) is 3.52. The number of nitrogens with zero attached hydrogens (tertiary/aromatic N) is 2. The molecule has 154 valence electrons. The molecule has 0 aliphatic carbocycles. The van der Waals surface area contributed by atoms with Crippen LogP contribution in [0.2, 0.25) is 5.02 Å². The Labute approximate surface area is 175 Å². The van der Waals surface area contributed by atoms with Crippen molar-refractivity contribution in [3.8, 4) is 5.75 Å². The first-order valence-corrected chi connectivity index (χ1v) is 9.95. The largest absolute Gasteiger partial charge is 0.481 e. The van der Waals surface area contributed by atoms with Gasteiger partial charge in [-0.15, -0.1) is 0 Å². The third-order valence-corrected chi connectivity index (χ3v) is 5.21. The van der Waals surface area contributed by atoms with Gasteiger partial charge in [0.2, 0.25) is 5.91 Å². The van der Waals surface area contributed by atoms with Crippen molar-refractivity contribution in [1.29, 1.82) is 0 Å². The van der Waals surface area contributed by atoms with Gasteiger partial charge in [0, 0.05) is 18.1 Å². The number of anilines is 2. The maximum absolute atomic E-state index is 12.4. The summed E-state index contributed by atoms with van der Waals surface area (Å²) in [4.78, 5) is 30.4. The van der Waals surface area contributed by atoms with E-state index in [-0.39, 0.29) is 17.7 Å². The number of benzene rings is 1. The van der Waals surface area contributed by atoms with E-state index in [2.05, 4.69) is 10.3 Å². The van der Waals surface area contributed by atoms with Gasteiger partial charge in [-0.2, -0.15) is 0 Å². The van der Waals surface area contributed by atoms with Crippen LogP contribution < -0.4 is 20.7 Å². The molecule has 1 fully saturated rings. The summed E-state index contributed by atoms with van der Waals surface area (Å²) in [5.74, 6) is 0.665. The van der Waals surface area contributed by atoms with E-state index in [1.165, 1.54) is 0 Å². The highest BCUT2D eigenvalue weighted by Gasteiger charge is 2.24. The van der Waals surface area contributed by atoms with E-state index in [4.69, 9.17) is 22.1 Å². The van der Waals surface area contributed by atoms with Crippen molar-refractivity contribution in [2.75, 3.05) is 23.3 Å². The summed E-state index contributed by atoms with van der Waals surface area (Å²) < 4.78 is 5.74. The predicted octanol–water partition coefficient (Wildman–Crippen LogP) is 3.15. The summed E-state index contributed by atoms with van der Waals surface area (Å²) in [6.45, 7) is 4.95. The number of hydrogen-bond donors (Lipinski definition) is 2. The number of rotatable bonds is 6. The fourth-order valence-electron chi connectivity index (χ4n) is 3.30. The number of aromatic nitrogens is 1. The first-order valence-electron chi connectivity index (χ1n) is 9.57. The van der Waals surface area contributed by atoms with Crippen molar-refractivity contribution in [2.45, 2.75) is 32.8 Å². The monoisotopic (exact) mass is 416 g/mol. The molecule has 1 aliphatic rings. The average molecular weight is 417 g/mol. The molecule has 2 atom stereocenters. The van der Waals surface area contributed by atoms with E-state index in [1.807, 2.05) is 17.9 Å². The lowest BCUT2D eigenvalue weighted by Crippen LogP contribution is -2.41. The third-order valence-electron chi connectivity index (χ3n) is 4.97. The number of amides is 2. The summed E-state index contributed by atoms with van der Waals surface area (Å²) in [6, 6.07) is 8.87. The van der Waals surface area contributed by atoms with Crippen LogP contribution in [0, 0.1) is 12.8 Å². The van der Waals surface area contributed by atoms with Crippen molar-refractivity contribution in [3.63, 3.8) is 0 Å². The number of carbonyl (C=O) groups excluding carboxylic acids is 2. The van der Waals surface area contributed by atoms with Crippen LogP contribution in [0.25, 0.3) is 0 Å². The molecular weight excluding hydrogens is 392 g/mol. The van der Waals surface area contributed by atoms with E-state index in [0.717, 1.165) is 30.8 Å². The van der Waals surface area contributed by atoms with Crippen molar-refractivity contribution >= 4 is 34.9 Å². The smallest absolute Gasteiger partial charge is 0.265 e. The lowest BCUT2D eigenvalue weighted by molar-refractivity contribution is -0.122. The Morgan fingerprint density at radius 3 is 2.79 bits per heavy atom. The minimum Gasteiger partial charge on any atom is -0.481 e. The molecule has 1 aromatic carbocycles. The summed E-state index contributed by atoms with van der Waals surface area (Å²) >= 11 is 5.95. The second kappa shape index (κ2) is 9.13. The molecule has 2 heterocycles. The molecule has 2 aromatic rings. The van der Waals surface area contributed by atoms with Crippen molar-refractivity contribution in [1.82, 2.24) is 4.98 Å². The zero-order chi connectivity index (χ0) is 21.0. The standard InChI is InChI=1S/C21H25ClN4O3/c1-13-10-16(22)5-7-18(13)29-14(2)21(28)25-17-6-8-19(24-11-17)26-9-3-4-15(12-26)20(23)27/h5-8,10-11,14-15H,3-4,9,12H2,1-2H3,(H2,23,27)(H,25,28). The molecule has 29 heavy (non-hydrogen) atoms. The Morgan fingerprint density at radius 2 is 2.14 bits per heavy atom. The van der Waals surface area contributed by atoms with Crippen LogP contribution in [0.3, 0.4) is 0 Å². The molecule has 0 bridgehead atoms. The number of halogens is 1. The molecular formula is C21H25ClN4O3. The van der Waals surface area contributed by atoms with E-state index < -0.39 is 6.10 Å². The molecule has 2 unspecified atom stereocenters. The van der Waals surface area contributed by atoms with Crippen LogP contribution in [0.5, 0.6) is 5.75 Å². The van der Waals surface area contributed by atoms with Gasteiger partial charge in [-0.1, -0.05) is 11.6 Å². The SMILES string of the molecule is Cc1cc(Cl)ccc1OC(C)C(=O)Nc1ccc(N2CCCC(C(N)=O)C2)nc1. The molecule has 1 saturated heterocycles. The molecule has 0 saturated carbocycles. The van der Waals surface area contributed by atoms with Crippen LogP contribution >= 0.6 is 11.6 Å². The van der Waals surface area contributed by atoms with E-state index in [0.29, 0.717) is 23.0 Å². The summed E-state index contributed by atoms with van der Waals surface area (Å²) in [5, 5.41) is 3.42. The topological polar surface area (TPSA) is 97.5 Å². The number of carbonyl (C=O) groups is 2. The lowest BCUT2D eigenvalue weighted by Gasteiger charge is -2.32. The summed E-state index contributed by atoms with van der Waals surface area (Å²) in [5.41, 5.74) is 6.87. The molecule has 3 rings (SSSR count). The fraction of sp³-hybridized carbons (Fsp3) is 0.381. The Morgan fingerprint density at radius 1 is 1.34 bits per heavy atom. The normalized spacial score (nSPS) is 17.5. The first kappa shape index (κ1) is 20.9. The molecule has 0 spiro atoms. The predicted molar refractivity (Wildman–Crippen MR) is 113 cm³/mol. The second-order valence-electron chi connectivity index (χ2n) is 7.25. The number of nitrogens with one attached hydrogen (secondary N) is 1. The van der Waals surface area contributed by atoms with Gasteiger partial charge in [0.1, 0.15) is 11.6 Å². The Balaban J connectivity index is 1.58. The van der Waals surface area contributed by atoms with Crippen molar-refractivity contribution < 1.29 is 14.3 Å². The van der Waals surface area contributed by atoms with Crippen molar-refractivity contribution in [2.24, 2.45) is 11.7 Å². The second-order valence-corrected chi connectivity index (χ2v) is 7.69. The van der Waals surface area contributed by atoms with Gasteiger partial charge >= 0.3 is 0 Å².